The molecule has 0 saturated carbocycles. The summed E-state index contributed by atoms with van der Waals surface area (Å²) in [5.74, 6) is 2.15. The Labute approximate surface area is 108 Å². The normalized spacial score (nSPS) is 20.2. The summed E-state index contributed by atoms with van der Waals surface area (Å²) in [6.07, 6.45) is 4.24. The highest BCUT2D eigenvalue weighted by Crippen LogP contribution is 2.18. The fraction of sp³-hybridized carbons (Fsp3) is 0.615. The molecule has 0 aromatic carbocycles. The minimum Gasteiger partial charge on any atom is -0.381 e. The second kappa shape index (κ2) is 6.22. The van der Waals surface area contributed by atoms with Crippen molar-refractivity contribution in [3.8, 4) is 0 Å². The number of aromatic nitrogens is 1. The number of anilines is 1. The first-order chi connectivity index (χ1) is 8.29. The summed E-state index contributed by atoms with van der Waals surface area (Å²) in [6, 6.07) is 4.00. The molecule has 0 bridgehead atoms. The topological polar surface area (TPSA) is 25.4 Å². The third kappa shape index (κ3) is 3.58. The molecule has 94 valence electrons. The molecule has 1 fully saturated rings. The highest BCUT2D eigenvalue weighted by atomic mass is 35.5. The van der Waals surface area contributed by atoms with Gasteiger partial charge in [0.05, 0.1) is 6.61 Å². The molecule has 4 heteroatoms. The molecule has 1 saturated heterocycles. The van der Waals surface area contributed by atoms with Crippen molar-refractivity contribution in [3.63, 3.8) is 0 Å². The van der Waals surface area contributed by atoms with Gasteiger partial charge in [0, 0.05) is 32.3 Å². The van der Waals surface area contributed by atoms with Crippen LogP contribution in [-0.2, 0) is 10.6 Å². The van der Waals surface area contributed by atoms with E-state index < -0.39 is 0 Å². The Hall–Kier alpha value is -0.800. The lowest BCUT2D eigenvalue weighted by atomic mass is 10.0. The lowest BCUT2D eigenvalue weighted by Crippen LogP contribution is -2.31. The fourth-order valence-electron chi connectivity index (χ4n) is 2.18. The van der Waals surface area contributed by atoms with Crippen LogP contribution in [0.4, 0.5) is 5.82 Å². The van der Waals surface area contributed by atoms with Crippen LogP contribution >= 0.6 is 11.6 Å². The number of hydrogen-bond donors (Lipinski definition) is 0. The average molecular weight is 255 g/mol. The smallest absolute Gasteiger partial charge is 0.128 e. The zero-order chi connectivity index (χ0) is 12.1. The van der Waals surface area contributed by atoms with Crippen LogP contribution < -0.4 is 4.90 Å². The summed E-state index contributed by atoms with van der Waals surface area (Å²) in [7, 11) is 2.08. The SMILES string of the molecule is CN(CC1CCCOC1)c1cc(CCl)ccn1. The molecular formula is C13H19ClN2O. The third-order valence-corrected chi connectivity index (χ3v) is 3.45. The van der Waals surface area contributed by atoms with E-state index in [0.717, 1.165) is 31.1 Å². The van der Waals surface area contributed by atoms with Crippen LogP contribution in [0.25, 0.3) is 0 Å². The summed E-state index contributed by atoms with van der Waals surface area (Å²) >= 11 is 5.83. The van der Waals surface area contributed by atoms with Crippen LogP contribution in [0, 0.1) is 5.92 Å². The van der Waals surface area contributed by atoms with Crippen molar-refractivity contribution in [2.45, 2.75) is 18.7 Å². The van der Waals surface area contributed by atoms with Crippen molar-refractivity contribution in [1.29, 1.82) is 0 Å². The average Bonchev–Trinajstić information content (AvgIpc) is 2.40. The van der Waals surface area contributed by atoms with Gasteiger partial charge in [-0.3, -0.25) is 0 Å². The Bertz CT molecular complexity index is 353. The molecule has 1 aromatic heterocycles. The monoisotopic (exact) mass is 254 g/mol. The van der Waals surface area contributed by atoms with E-state index >= 15 is 0 Å². The summed E-state index contributed by atoms with van der Waals surface area (Å²) in [5, 5.41) is 0. The van der Waals surface area contributed by atoms with Gasteiger partial charge in [0.2, 0.25) is 0 Å². The first-order valence-corrected chi connectivity index (χ1v) is 6.63. The van der Waals surface area contributed by atoms with Crippen molar-refractivity contribution in [2.24, 2.45) is 5.92 Å². The van der Waals surface area contributed by atoms with Gasteiger partial charge in [0.25, 0.3) is 0 Å². The Kier molecular flexibility index (Phi) is 4.63. The molecule has 1 unspecified atom stereocenters. The highest BCUT2D eigenvalue weighted by molar-refractivity contribution is 6.17. The molecular weight excluding hydrogens is 236 g/mol. The fourth-order valence-corrected chi connectivity index (χ4v) is 2.35. The van der Waals surface area contributed by atoms with Gasteiger partial charge >= 0.3 is 0 Å². The molecule has 0 radical (unpaired) electrons. The van der Waals surface area contributed by atoms with E-state index in [4.69, 9.17) is 16.3 Å². The minimum absolute atomic E-state index is 0.538. The van der Waals surface area contributed by atoms with Gasteiger partial charge in [0.15, 0.2) is 0 Å². The molecule has 1 atom stereocenters. The molecule has 2 heterocycles. The molecule has 0 N–H and O–H groups in total. The van der Waals surface area contributed by atoms with Gasteiger partial charge in [-0.15, -0.1) is 11.6 Å². The number of nitrogens with zero attached hydrogens (tertiary/aromatic N) is 2. The molecule has 1 aliphatic rings. The maximum atomic E-state index is 5.83. The largest absolute Gasteiger partial charge is 0.381 e. The second-order valence-corrected chi connectivity index (χ2v) is 4.89. The van der Waals surface area contributed by atoms with Gasteiger partial charge in [-0.1, -0.05) is 0 Å². The van der Waals surface area contributed by atoms with Gasteiger partial charge in [0.1, 0.15) is 5.82 Å². The predicted molar refractivity (Wildman–Crippen MR) is 70.6 cm³/mol. The zero-order valence-electron chi connectivity index (χ0n) is 10.2. The maximum absolute atomic E-state index is 5.83. The van der Waals surface area contributed by atoms with E-state index in [2.05, 4.69) is 23.0 Å². The molecule has 0 spiro atoms. The number of rotatable bonds is 4. The van der Waals surface area contributed by atoms with E-state index in [1.165, 1.54) is 12.8 Å². The van der Waals surface area contributed by atoms with Gasteiger partial charge in [-0.25, -0.2) is 4.98 Å². The van der Waals surface area contributed by atoms with Crippen LogP contribution in [0.3, 0.4) is 0 Å². The van der Waals surface area contributed by atoms with Crippen LogP contribution in [0.2, 0.25) is 0 Å². The Morgan fingerprint density at radius 1 is 1.59 bits per heavy atom. The third-order valence-electron chi connectivity index (χ3n) is 3.14. The van der Waals surface area contributed by atoms with Crippen LogP contribution in [-0.4, -0.2) is 31.8 Å². The lowest BCUT2D eigenvalue weighted by molar-refractivity contribution is 0.0576. The predicted octanol–water partition coefficient (Wildman–Crippen LogP) is 2.68. The summed E-state index contributed by atoms with van der Waals surface area (Å²) in [4.78, 5) is 6.57. The first kappa shape index (κ1) is 12.7. The van der Waals surface area contributed by atoms with Crippen LogP contribution in [0.1, 0.15) is 18.4 Å². The van der Waals surface area contributed by atoms with Crippen molar-refractivity contribution < 1.29 is 4.74 Å². The lowest BCUT2D eigenvalue weighted by Gasteiger charge is -2.27. The number of pyridine rings is 1. The van der Waals surface area contributed by atoms with Crippen molar-refractivity contribution in [3.05, 3.63) is 23.9 Å². The number of hydrogen-bond acceptors (Lipinski definition) is 3. The molecule has 2 rings (SSSR count). The van der Waals surface area contributed by atoms with E-state index in [1.807, 2.05) is 12.3 Å². The summed E-state index contributed by atoms with van der Waals surface area (Å²) < 4.78 is 5.50. The van der Waals surface area contributed by atoms with Crippen LogP contribution in [0.5, 0.6) is 0 Å². The number of alkyl halides is 1. The highest BCUT2D eigenvalue weighted by Gasteiger charge is 2.16. The van der Waals surface area contributed by atoms with Crippen molar-refractivity contribution in [1.82, 2.24) is 4.98 Å². The van der Waals surface area contributed by atoms with Gasteiger partial charge < -0.3 is 9.64 Å². The Balaban J connectivity index is 1.95. The first-order valence-electron chi connectivity index (χ1n) is 6.09. The molecule has 1 aromatic rings. The van der Waals surface area contributed by atoms with E-state index in [9.17, 15) is 0 Å². The Morgan fingerprint density at radius 3 is 3.18 bits per heavy atom. The van der Waals surface area contributed by atoms with Crippen molar-refractivity contribution in [2.75, 3.05) is 31.7 Å². The molecule has 0 aliphatic carbocycles. The summed E-state index contributed by atoms with van der Waals surface area (Å²) in [5.41, 5.74) is 1.11. The quantitative estimate of drug-likeness (QED) is 0.773. The molecule has 17 heavy (non-hydrogen) atoms. The summed E-state index contributed by atoms with van der Waals surface area (Å²) in [6.45, 7) is 2.79. The Morgan fingerprint density at radius 2 is 2.47 bits per heavy atom. The number of halogens is 1. The molecule has 1 aliphatic heterocycles. The minimum atomic E-state index is 0.538. The second-order valence-electron chi connectivity index (χ2n) is 4.62. The van der Waals surface area contributed by atoms with E-state index in [-0.39, 0.29) is 0 Å². The maximum Gasteiger partial charge on any atom is 0.128 e. The van der Waals surface area contributed by atoms with E-state index in [1.54, 1.807) is 0 Å². The van der Waals surface area contributed by atoms with E-state index in [0.29, 0.717) is 11.8 Å². The molecule has 0 amide bonds. The zero-order valence-corrected chi connectivity index (χ0v) is 11.0. The number of ether oxygens (including phenoxy) is 1. The van der Waals surface area contributed by atoms with Crippen LogP contribution in [0.15, 0.2) is 18.3 Å². The standard InChI is InChI=1S/C13H19ClN2O/c1-16(9-12-3-2-6-17-10-12)13-7-11(8-14)4-5-15-13/h4-5,7,12H,2-3,6,8-10H2,1H3. The van der Waals surface area contributed by atoms with Crippen molar-refractivity contribution >= 4 is 17.4 Å². The van der Waals surface area contributed by atoms with Gasteiger partial charge in [-0.05, 0) is 36.5 Å². The molecule has 3 nitrogen and oxygen atoms in total. The van der Waals surface area contributed by atoms with Gasteiger partial charge in [-0.2, -0.15) is 0 Å².